The Morgan fingerprint density at radius 1 is 1.60 bits per heavy atom. The van der Waals surface area contributed by atoms with Gasteiger partial charge in [0.15, 0.2) is 6.29 Å². The Labute approximate surface area is 62.2 Å². The lowest BCUT2D eigenvalue weighted by molar-refractivity contribution is -0.147. The van der Waals surface area contributed by atoms with Crippen LogP contribution in [0.3, 0.4) is 0 Å². The zero-order chi connectivity index (χ0) is 8.20. The highest BCUT2D eigenvalue weighted by molar-refractivity contribution is 4.71. The number of ether oxygens (including phenoxy) is 1. The van der Waals surface area contributed by atoms with Crippen molar-refractivity contribution in [3.8, 4) is 0 Å². The van der Waals surface area contributed by atoms with E-state index in [2.05, 4.69) is 0 Å². The van der Waals surface area contributed by atoms with Crippen LogP contribution >= 0.6 is 0 Å². The molecule has 0 spiro atoms. The van der Waals surface area contributed by atoms with Crippen molar-refractivity contribution < 1.29 is 9.84 Å². The van der Waals surface area contributed by atoms with Crippen molar-refractivity contribution in [1.29, 1.82) is 0 Å². The van der Waals surface area contributed by atoms with Gasteiger partial charge in [-0.1, -0.05) is 13.8 Å². The Balaban J connectivity index is 3.82. The molecule has 0 bridgehead atoms. The van der Waals surface area contributed by atoms with Gasteiger partial charge in [-0.05, 0) is 13.0 Å². The van der Waals surface area contributed by atoms with Gasteiger partial charge in [0.05, 0.1) is 0 Å². The number of rotatable bonds is 4. The molecule has 0 aliphatic rings. The molecule has 0 aliphatic carbocycles. The second kappa shape index (κ2) is 3.91. The summed E-state index contributed by atoms with van der Waals surface area (Å²) in [5, 5.41) is 9.24. The van der Waals surface area contributed by atoms with Gasteiger partial charge in [-0.3, -0.25) is 0 Å². The number of aliphatic hydroxyl groups is 1. The summed E-state index contributed by atoms with van der Waals surface area (Å²) in [5.41, 5.74) is 5.11. The van der Waals surface area contributed by atoms with Crippen LogP contribution in [0.5, 0.6) is 0 Å². The highest BCUT2D eigenvalue weighted by Gasteiger charge is 2.26. The Morgan fingerprint density at radius 2 is 2.10 bits per heavy atom. The average molecular weight is 147 g/mol. The van der Waals surface area contributed by atoms with E-state index >= 15 is 0 Å². The topological polar surface area (TPSA) is 55.5 Å². The SMILES string of the molecule is COC(O)C(C)(C)CCN. The summed E-state index contributed by atoms with van der Waals surface area (Å²) < 4.78 is 4.77. The van der Waals surface area contributed by atoms with E-state index in [1.54, 1.807) is 0 Å². The van der Waals surface area contributed by atoms with Gasteiger partial charge in [0, 0.05) is 12.5 Å². The first-order chi connectivity index (χ1) is 4.54. The van der Waals surface area contributed by atoms with Crippen LogP contribution in [0.25, 0.3) is 0 Å². The smallest absolute Gasteiger partial charge is 0.159 e. The molecule has 62 valence electrons. The Hall–Kier alpha value is -0.120. The first-order valence-electron chi connectivity index (χ1n) is 3.45. The van der Waals surface area contributed by atoms with Gasteiger partial charge in [0.1, 0.15) is 0 Å². The number of hydrogen-bond donors (Lipinski definition) is 2. The molecule has 0 rings (SSSR count). The maximum atomic E-state index is 9.24. The monoisotopic (exact) mass is 147 g/mol. The predicted molar refractivity (Wildman–Crippen MR) is 40.5 cm³/mol. The third-order valence-corrected chi connectivity index (χ3v) is 1.68. The summed E-state index contributed by atoms with van der Waals surface area (Å²) in [4.78, 5) is 0. The molecule has 3 nitrogen and oxygen atoms in total. The Bertz CT molecular complexity index is 93.6. The highest BCUT2D eigenvalue weighted by Crippen LogP contribution is 2.24. The van der Waals surface area contributed by atoms with Gasteiger partial charge in [-0.2, -0.15) is 0 Å². The van der Waals surface area contributed by atoms with Crippen molar-refractivity contribution in [3.63, 3.8) is 0 Å². The first kappa shape index (κ1) is 9.88. The van der Waals surface area contributed by atoms with E-state index in [0.29, 0.717) is 6.54 Å². The van der Waals surface area contributed by atoms with Gasteiger partial charge >= 0.3 is 0 Å². The number of methoxy groups -OCH3 is 1. The molecule has 0 fully saturated rings. The van der Waals surface area contributed by atoms with Crippen molar-refractivity contribution in [3.05, 3.63) is 0 Å². The molecule has 0 aromatic rings. The molecule has 0 amide bonds. The second-order valence-electron chi connectivity index (χ2n) is 3.12. The Morgan fingerprint density at radius 3 is 2.40 bits per heavy atom. The van der Waals surface area contributed by atoms with E-state index in [1.165, 1.54) is 7.11 Å². The van der Waals surface area contributed by atoms with Crippen LogP contribution in [0.15, 0.2) is 0 Å². The van der Waals surface area contributed by atoms with E-state index in [1.807, 2.05) is 13.8 Å². The molecule has 1 unspecified atom stereocenters. The average Bonchev–Trinajstić information content (AvgIpc) is 1.86. The largest absolute Gasteiger partial charge is 0.368 e. The normalized spacial score (nSPS) is 15.3. The molecule has 0 saturated carbocycles. The minimum absolute atomic E-state index is 0.233. The fourth-order valence-corrected chi connectivity index (χ4v) is 0.815. The second-order valence-corrected chi connectivity index (χ2v) is 3.12. The molecule has 0 aliphatic heterocycles. The zero-order valence-corrected chi connectivity index (χ0v) is 6.92. The maximum Gasteiger partial charge on any atom is 0.159 e. The quantitative estimate of drug-likeness (QED) is 0.563. The van der Waals surface area contributed by atoms with Crippen molar-refractivity contribution in [2.24, 2.45) is 11.1 Å². The lowest BCUT2D eigenvalue weighted by Gasteiger charge is -2.28. The molecule has 3 N–H and O–H groups in total. The minimum atomic E-state index is -0.712. The van der Waals surface area contributed by atoms with Crippen LogP contribution in [0, 0.1) is 5.41 Å². The minimum Gasteiger partial charge on any atom is -0.368 e. The molecular formula is C7H17NO2. The number of hydrogen-bond acceptors (Lipinski definition) is 3. The maximum absolute atomic E-state index is 9.24. The van der Waals surface area contributed by atoms with E-state index < -0.39 is 6.29 Å². The van der Waals surface area contributed by atoms with Gasteiger partial charge in [-0.15, -0.1) is 0 Å². The Kier molecular flexibility index (Phi) is 3.86. The fraction of sp³-hybridized carbons (Fsp3) is 1.00. The standard InChI is InChI=1S/C7H17NO2/c1-7(2,4-5-8)6(9)10-3/h6,9H,4-5,8H2,1-3H3. The molecule has 10 heavy (non-hydrogen) atoms. The van der Waals surface area contributed by atoms with Crippen molar-refractivity contribution in [2.45, 2.75) is 26.6 Å². The molecule has 0 aromatic carbocycles. The highest BCUT2D eigenvalue weighted by atomic mass is 16.6. The summed E-state index contributed by atoms with van der Waals surface area (Å²) in [6.45, 7) is 4.43. The molecule has 0 heterocycles. The van der Waals surface area contributed by atoms with Crippen molar-refractivity contribution in [2.75, 3.05) is 13.7 Å². The lowest BCUT2D eigenvalue weighted by atomic mass is 9.89. The summed E-state index contributed by atoms with van der Waals surface area (Å²) >= 11 is 0. The van der Waals surface area contributed by atoms with Gasteiger partial charge < -0.3 is 15.6 Å². The summed E-state index contributed by atoms with van der Waals surface area (Å²) in [6, 6.07) is 0. The van der Waals surface area contributed by atoms with E-state index in [9.17, 15) is 5.11 Å². The van der Waals surface area contributed by atoms with Gasteiger partial charge in [-0.25, -0.2) is 0 Å². The van der Waals surface area contributed by atoms with Crippen LogP contribution in [0.2, 0.25) is 0 Å². The van der Waals surface area contributed by atoms with Gasteiger partial charge in [0.2, 0.25) is 0 Å². The molecule has 0 radical (unpaired) electrons. The summed E-state index contributed by atoms with van der Waals surface area (Å²) in [5.74, 6) is 0. The third-order valence-electron chi connectivity index (χ3n) is 1.68. The van der Waals surface area contributed by atoms with E-state index in [-0.39, 0.29) is 5.41 Å². The zero-order valence-electron chi connectivity index (χ0n) is 6.92. The van der Waals surface area contributed by atoms with E-state index in [4.69, 9.17) is 10.5 Å². The van der Waals surface area contributed by atoms with Crippen LogP contribution in [-0.4, -0.2) is 25.1 Å². The molecule has 1 atom stereocenters. The first-order valence-corrected chi connectivity index (χ1v) is 3.45. The van der Waals surface area contributed by atoms with Crippen molar-refractivity contribution >= 4 is 0 Å². The van der Waals surface area contributed by atoms with Crippen LogP contribution < -0.4 is 5.73 Å². The molecular weight excluding hydrogens is 130 g/mol. The van der Waals surface area contributed by atoms with Gasteiger partial charge in [0.25, 0.3) is 0 Å². The predicted octanol–water partition coefficient (Wildman–Crippen LogP) is 0.326. The lowest BCUT2D eigenvalue weighted by Crippen LogP contribution is -2.32. The summed E-state index contributed by atoms with van der Waals surface area (Å²) in [6.07, 6.45) is 0.0539. The number of nitrogens with two attached hydrogens (primary N) is 1. The van der Waals surface area contributed by atoms with E-state index in [0.717, 1.165) is 6.42 Å². The summed E-state index contributed by atoms with van der Waals surface area (Å²) in [7, 11) is 1.49. The molecule has 0 aromatic heterocycles. The number of aliphatic hydroxyl groups excluding tert-OH is 1. The van der Waals surface area contributed by atoms with Crippen LogP contribution in [0.1, 0.15) is 20.3 Å². The van der Waals surface area contributed by atoms with Crippen LogP contribution in [-0.2, 0) is 4.74 Å². The molecule has 3 heteroatoms. The van der Waals surface area contributed by atoms with Crippen molar-refractivity contribution in [1.82, 2.24) is 0 Å². The third kappa shape index (κ3) is 2.64. The fourth-order valence-electron chi connectivity index (χ4n) is 0.815. The molecule has 0 saturated heterocycles. The van der Waals surface area contributed by atoms with Crippen LogP contribution in [0.4, 0.5) is 0 Å².